The first-order valence-corrected chi connectivity index (χ1v) is 15.7. The zero-order valence-corrected chi connectivity index (χ0v) is 25.8. The number of thioether (sulfide) groups is 1. The third-order valence-electron chi connectivity index (χ3n) is 6.09. The number of aromatic nitrogens is 1. The number of carbonyl (C=O) groups excluding carboxylic acids is 2. The van der Waals surface area contributed by atoms with Crippen molar-refractivity contribution in [1.82, 2.24) is 20.9 Å². The molecule has 40 heavy (non-hydrogen) atoms. The zero-order valence-electron chi connectivity index (χ0n) is 25.0. The van der Waals surface area contributed by atoms with Gasteiger partial charge in [0.2, 0.25) is 11.8 Å². The van der Waals surface area contributed by atoms with Gasteiger partial charge in [-0.1, -0.05) is 19.4 Å². The molecule has 0 saturated heterocycles. The van der Waals surface area contributed by atoms with Crippen LogP contribution in [0.5, 0.6) is 5.75 Å². The summed E-state index contributed by atoms with van der Waals surface area (Å²) in [6.07, 6.45) is 12.2. The molecule has 0 fully saturated rings. The second-order valence-electron chi connectivity index (χ2n) is 9.85. The lowest BCUT2D eigenvalue weighted by Crippen LogP contribution is -2.47. The number of pyridine rings is 1. The maximum atomic E-state index is 13.4. The van der Waals surface area contributed by atoms with Gasteiger partial charge in [-0.15, -0.1) is 0 Å². The minimum atomic E-state index is -0.497. The van der Waals surface area contributed by atoms with Gasteiger partial charge in [0.15, 0.2) is 0 Å². The van der Waals surface area contributed by atoms with Gasteiger partial charge in [-0.3, -0.25) is 14.6 Å². The molecular formula is C31H49FN4O3S. The van der Waals surface area contributed by atoms with Crippen LogP contribution in [-0.2, 0) is 16.0 Å². The lowest BCUT2D eigenvalue weighted by molar-refractivity contribution is -0.129. The van der Waals surface area contributed by atoms with E-state index < -0.39 is 6.04 Å². The summed E-state index contributed by atoms with van der Waals surface area (Å²) in [6.45, 7) is 8.04. The highest BCUT2D eigenvalue weighted by molar-refractivity contribution is 7.98. The van der Waals surface area contributed by atoms with Crippen LogP contribution in [0.25, 0.3) is 0 Å². The van der Waals surface area contributed by atoms with E-state index in [-0.39, 0.29) is 17.6 Å². The van der Waals surface area contributed by atoms with Gasteiger partial charge in [-0.05, 0) is 107 Å². The maximum Gasteiger partial charge on any atom is 0.242 e. The Morgan fingerprint density at radius 2 is 1.77 bits per heavy atom. The van der Waals surface area contributed by atoms with Crippen LogP contribution in [0.4, 0.5) is 4.39 Å². The Morgan fingerprint density at radius 1 is 1.00 bits per heavy atom. The number of aryl methyl sites for hydroxylation is 3. The molecule has 224 valence electrons. The van der Waals surface area contributed by atoms with E-state index in [1.54, 1.807) is 17.8 Å². The van der Waals surface area contributed by atoms with E-state index in [0.717, 1.165) is 43.5 Å². The number of unbranched alkanes of at least 4 members (excludes halogenated alkanes) is 3. The summed E-state index contributed by atoms with van der Waals surface area (Å²) in [5.41, 5.74) is 3.37. The first-order valence-electron chi connectivity index (χ1n) is 14.3. The number of benzene rings is 1. The van der Waals surface area contributed by atoms with Crippen molar-refractivity contribution in [1.29, 1.82) is 0 Å². The van der Waals surface area contributed by atoms with Crippen molar-refractivity contribution in [2.75, 3.05) is 38.8 Å². The molecule has 0 aliphatic rings. The van der Waals surface area contributed by atoms with Crippen molar-refractivity contribution in [2.24, 2.45) is 0 Å². The predicted molar refractivity (Wildman–Crippen MR) is 165 cm³/mol. The number of rotatable bonds is 18. The lowest BCUT2D eigenvalue weighted by atomic mass is 10.1. The molecule has 1 atom stereocenters. The molecule has 1 aromatic heterocycles. The molecule has 0 bridgehead atoms. The monoisotopic (exact) mass is 576 g/mol. The van der Waals surface area contributed by atoms with Gasteiger partial charge in [0.05, 0.1) is 6.61 Å². The van der Waals surface area contributed by atoms with Crippen LogP contribution in [0, 0.1) is 19.7 Å². The second kappa shape index (κ2) is 22.1. The number of hydrogen-bond donors (Lipinski definition) is 3. The smallest absolute Gasteiger partial charge is 0.242 e. The number of nitrogens with one attached hydrogen (secondary N) is 3. The molecule has 0 aliphatic heterocycles. The van der Waals surface area contributed by atoms with E-state index in [1.165, 1.54) is 23.3 Å². The Bertz CT molecular complexity index is 973. The molecule has 7 nitrogen and oxygen atoms in total. The molecule has 3 N–H and O–H groups in total. The van der Waals surface area contributed by atoms with Crippen molar-refractivity contribution in [3.05, 3.63) is 59.2 Å². The quantitative estimate of drug-likeness (QED) is 0.207. The van der Waals surface area contributed by atoms with E-state index >= 15 is 0 Å². The second-order valence-corrected chi connectivity index (χ2v) is 10.8. The first-order chi connectivity index (χ1) is 19.3. The SMILES string of the molecule is CCc1cncc(C)c1.CNCCCCCNC(=O)C(CCSC)NC(=O)CCCCOc1cc(C)cc(F)c1. The fraction of sp³-hybridized carbons (Fsp3) is 0.581. The molecule has 0 radical (unpaired) electrons. The third-order valence-corrected chi connectivity index (χ3v) is 6.73. The molecule has 0 saturated carbocycles. The molecule has 9 heteroatoms. The Labute approximate surface area is 244 Å². The average molecular weight is 577 g/mol. The van der Waals surface area contributed by atoms with Crippen LogP contribution >= 0.6 is 11.8 Å². The van der Waals surface area contributed by atoms with Crippen LogP contribution in [0.2, 0.25) is 0 Å². The first kappa shape index (κ1) is 35.4. The number of hydrogen-bond acceptors (Lipinski definition) is 6. The van der Waals surface area contributed by atoms with E-state index in [2.05, 4.69) is 40.8 Å². The number of nitrogens with zero attached hydrogens (tertiary/aromatic N) is 1. The molecule has 1 heterocycles. The van der Waals surface area contributed by atoms with Gasteiger partial charge in [0.25, 0.3) is 0 Å². The van der Waals surface area contributed by atoms with E-state index in [4.69, 9.17) is 4.74 Å². The summed E-state index contributed by atoms with van der Waals surface area (Å²) in [7, 11) is 1.93. The fourth-order valence-electron chi connectivity index (χ4n) is 3.88. The highest BCUT2D eigenvalue weighted by Crippen LogP contribution is 2.16. The molecule has 1 unspecified atom stereocenters. The van der Waals surface area contributed by atoms with Gasteiger partial charge in [-0.2, -0.15) is 11.8 Å². The molecular weight excluding hydrogens is 527 g/mol. The average Bonchev–Trinajstić information content (AvgIpc) is 2.92. The molecule has 0 aliphatic carbocycles. The third kappa shape index (κ3) is 17.1. The fourth-order valence-corrected chi connectivity index (χ4v) is 4.36. The maximum absolute atomic E-state index is 13.4. The lowest BCUT2D eigenvalue weighted by Gasteiger charge is -2.18. The van der Waals surface area contributed by atoms with Crippen molar-refractivity contribution in [2.45, 2.75) is 78.2 Å². The standard InChI is InChI=1S/C23H38FN3O3S.C8H11N/c1-18-15-19(24)17-20(16-18)30-13-8-5-9-22(28)27-21(10-14-31-3)23(29)26-12-7-4-6-11-25-2;1-3-8-4-7(2)5-9-6-8/h15-17,21,25H,4-14H2,1-3H3,(H,26,29)(H,27,28);4-6H,3H2,1-2H3. The topological polar surface area (TPSA) is 92.4 Å². The molecule has 2 aromatic rings. The minimum Gasteiger partial charge on any atom is -0.493 e. The normalized spacial score (nSPS) is 11.2. The van der Waals surface area contributed by atoms with Crippen LogP contribution < -0.4 is 20.7 Å². The number of halogens is 1. The summed E-state index contributed by atoms with van der Waals surface area (Å²) in [6, 6.07) is 6.25. The summed E-state index contributed by atoms with van der Waals surface area (Å²) >= 11 is 1.65. The molecule has 0 spiro atoms. The zero-order chi connectivity index (χ0) is 29.6. The van der Waals surface area contributed by atoms with Gasteiger partial charge in [0, 0.05) is 31.4 Å². The molecule has 2 rings (SSSR count). The van der Waals surface area contributed by atoms with Crippen molar-refractivity contribution < 1.29 is 18.7 Å². The summed E-state index contributed by atoms with van der Waals surface area (Å²) in [5, 5.41) is 8.92. The van der Waals surface area contributed by atoms with Crippen LogP contribution in [-0.4, -0.2) is 61.6 Å². The van der Waals surface area contributed by atoms with Gasteiger partial charge >= 0.3 is 0 Å². The van der Waals surface area contributed by atoms with Gasteiger partial charge < -0.3 is 20.7 Å². The molecule has 1 aromatic carbocycles. The Hall–Kier alpha value is -2.65. The number of amides is 2. The summed E-state index contributed by atoms with van der Waals surface area (Å²) in [4.78, 5) is 28.8. The van der Waals surface area contributed by atoms with Gasteiger partial charge in [0.1, 0.15) is 17.6 Å². The van der Waals surface area contributed by atoms with Gasteiger partial charge in [-0.25, -0.2) is 4.39 Å². The Morgan fingerprint density at radius 3 is 2.42 bits per heavy atom. The number of carbonyl (C=O) groups is 2. The molecule has 2 amide bonds. The Kier molecular flexibility index (Phi) is 19.5. The van der Waals surface area contributed by atoms with Crippen LogP contribution in [0.3, 0.4) is 0 Å². The highest BCUT2D eigenvalue weighted by atomic mass is 32.2. The van der Waals surface area contributed by atoms with E-state index in [9.17, 15) is 14.0 Å². The Balaban J connectivity index is 0.000000747. The summed E-state index contributed by atoms with van der Waals surface area (Å²) in [5.74, 6) is 0.753. The van der Waals surface area contributed by atoms with Crippen molar-refractivity contribution in [3.63, 3.8) is 0 Å². The van der Waals surface area contributed by atoms with E-state index in [1.807, 2.05) is 32.6 Å². The minimum absolute atomic E-state index is 0.110. The largest absolute Gasteiger partial charge is 0.493 e. The van der Waals surface area contributed by atoms with E-state index in [0.29, 0.717) is 44.6 Å². The van der Waals surface area contributed by atoms with Crippen LogP contribution in [0.1, 0.15) is 68.6 Å². The predicted octanol–water partition coefficient (Wildman–Crippen LogP) is 5.38. The van der Waals surface area contributed by atoms with Crippen molar-refractivity contribution >= 4 is 23.6 Å². The highest BCUT2D eigenvalue weighted by Gasteiger charge is 2.19. The van der Waals surface area contributed by atoms with Crippen molar-refractivity contribution in [3.8, 4) is 5.75 Å². The summed E-state index contributed by atoms with van der Waals surface area (Å²) < 4.78 is 18.9. The number of ether oxygens (including phenoxy) is 1. The van der Waals surface area contributed by atoms with Crippen LogP contribution in [0.15, 0.2) is 36.7 Å².